The zero-order valence-corrected chi connectivity index (χ0v) is 32.9. The van der Waals surface area contributed by atoms with Crippen LogP contribution in [-0.4, -0.2) is 67.3 Å². The number of amides is 4. The smallest absolute Gasteiger partial charge is 0.278 e. The number of primary amides is 2. The molecule has 7 aromatic rings. The standard InChI is InChI=1S/C40H43N15O4/c1-5-54-30(16-22(3)50-54)37(58)48-39-46-28-18-24(34(42)56)17-25(20-44-27-12-8-7-9-13-27)32(28)52(39)14-10-11-15-53-36-29(19-26(21-45-36)35(43)57)47-40(53)49-38(59)33-31(41)23(4)51-55(33)6-2/h7-13,16-19,21,44H,5-6,14-15,20,41H2,1-4H3,(H2,42,56)(H2,43,57)(H,46,48,58)(H,47,49,59)/b11-10+. The van der Waals surface area contributed by atoms with Gasteiger partial charge < -0.3 is 27.1 Å². The van der Waals surface area contributed by atoms with E-state index in [0.29, 0.717) is 64.5 Å². The predicted octanol–water partition coefficient (Wildman–Crippen LogP) is 3.98. The van der Waals surface area contributed by atoms with Gasteiger partial charge in [-0.3, -0.25) is 43.7 Å². The summed E-state index contributed by atoms with van der Waals surface area (Å²) in [5.41, 5.74) is 23.3. The van der Waals surface area contributed by atoms with Crippen LogP contribution in [0.15, 0.2) is 72.9 Å². The van der Waals surface area contributed by atoms with E-state index in [-0.39, 0.29) is 47.5 Å². The molecule has 0 fully saturated rings. The molecule has 0 saturated carbocycles. The van der Waals surface area contributed by atoms with Gasteiger partial charge in [0.25, 0.3) is 11.8 Å². The summed E-state index contributed by atoms with van der Waals surface area (Å²) in [5, 5.41) is 18.0. The summed E-state index contributed by atoms with van der Waals surface area (Å²) < 4.78 is 6.62. The molecule has 0 saturated heterocycles. The van der Waals surface area contributed by atoms with Gasteiger partial charge in [0.05, 0.1) is 33.7 Å². The molecule has 19 heteroatoms. The molecule has 0 aliphatic rings. The third-order valence-corrected chi connectivity index (χ3v) is 9.65. The molecule has 0 bridgehead atoms. The van der Waals surface area contributed by atoms with Crippen molar-refractivity contribution in [2.24, 2.45) is 11.5 Å². The molecular formula is C40H43N15O4. The first kappa shape index (κ1) is 39.4. The number of hydrogen-bond donors (Lipinski definition) is 6. The van der Waals surface area contributed by atoms with Crippen LogP contribution < -0.4 is 33.2 Å². The number of benzene rings is 2. The van der Waals surface area contributed by atoms with Gasteiger partial charge in [0, 0.05) is 50.2 Å². The summed E-state index contributed by atoms with van der Waals surface area (Å²) in [6.45, 7) is 8.81. The first-order valence-corrected chi connectivity index (χ1v) is 18.8. The fraction of sp³-hybridized carbons (Fsp3) is 0.225. The second-order valence-corrected chi connectivity index (χ2v) is 13.6. The lowest BCUT2D eigenvalue weighted by Crippen LogP contribution is -2.21. The van der Waals surface area contributed by atoms with Crippen LogP contribution in [0.25, 0.3) is 22.2 Å². The molecule has 7 rings (SSSR count). The summed E-state index contributed by atoms with van der Waals surface area (Å²) in [5.74, 6) is -1.89. The first-order chi connectivity index (χ1) is 28.4. The maximum Gasteiger partial charge on any atom is 0.278 e. The topological polar surface area (TPSA) is 267 Å². The number of carbonyl (C=O) groups is 4. The second-order valence-electron chi connectivity index (χ2n) is 13.6. The molecule has 0 unspecified atom stereocenters. The zero-order chi connectivity index (χ0) is 42.0. The molecular weight excluding hydrogens is 755 g/mol. The van der Waals surface area contributed by atoms with Gasteiger partial charge in [-0.2, -0.15) is 10.2 Å². The number of imidazole rings is 2. The fourth-order valence-electron chi connectivity index (χ4n) is 6.79. The number of anilines is 4. The number of nitrogens with zero attached hydrogens (tertiary/aromatic N) is 9. The molecule has 9 N–H and O–H groups in total. The van der Waals surface area contributed by atoms with Crippen LogP contribution in [0, 0.1) is 13.8 Å². The number of nitrogens with two attached hydrogens (primary N) is 3. The number of nitrogen functional groups attached to an aromatic ring is 1. The largest absolute Gasteiger partial charge is 0.395 e. The predicted molar refractivity (Wildman–Crippen MR) is 223 cm³/mol. The van der Waals surface area contributed by atoms with Gasteiger partial charge in [-0.25, -0.2) is 15.0 Å². The number of aromatic nitrogens is 9. The molecule has 5 aromatic heterocycles. The normalized spacial score (nSPS) is 11.5. The van der Waals surface area contributed by atoms with E-state index < -0.39 is 23.6 Å². The fourth-order valence-corrected chi connectivity index (χ4v) is 6.79. The van der Waals surface area contributed by atoms with Gasteiger partial charge in [0.1, 0.15) is 16.9 Å². The highest BCUT2D eigenvalue weighted by Gasteiger charge is 2.24. The van der Waals surface area contributed by atoms with Gasteiger partial charge in [0.15, 0.2) is 5.65 Å². The lowest BCUT2D eigenvalue weighted by atomic mass is 10.1. The van der Waals surface area contributed by atoms with Crippen molar-refractivity contribution in [2.75, 3.05) is 21.7 Å². The Labute approximate surface area is 337 Å². The minimum absolute atomic E-state index is 0.141. The minimum Gasteiger partial charge on any atom is -0.395 e. The molecule has 0 spiro atoms. The summed E-state index contributed by atoms with van der Waals surface area (Å²) in [6.07, 6.45) is 5.04. The van der Waals surface area contributed by atoms with Crippen molar-refractivity contribution in [3.63, 3.8) is 0 Å². The van der Waals surface area contributed by atoms with Crippen LogP contribution in [0.1, 0.15) is 72.5 Å². The number of rotatable bonds is 15. The van der Waals surface area contributed by atoms with Crippen molar-refractivity contribution in [1.29, 1.82) is 0 Å². The average Bonchev–Trinajstić information content (AvgIpc) is 3.96. The van der Waals surface area contributed by atoms with Gasteiger partial charge in [0.2, 0.25) is 23.7 Å². The Balaban J connectivity index is 1.27. The number of aryl methyl sites for hydroxylation is 4. The molecule has 19 nitrogen and oxygen atoms in total. The summed E-state index contributed by atoms with van der Waals surface area (Å²) in [7, 11) is 0. The van der Waals surface area contributed by atoms with E-state index in [2.05, 4.69) is 36.1 Å². The van der Waals surface area contributed by atoms with E-state index in [1.165, 1.54) is 16.9 Å². The highest BCUT2D eigenvalue weighted by atomic mass is 16.2. The van der Waals surface area contributed by atoms with Gasteiger partial charge in [-0.1, -0.05) is 30.4 Å². The number of hydrogen-bond acceptors (Lipinski definition) is 11. The average molecular weight is 798 g/mol. The lowest BCUT2D eigenvalue weighted by molar-refractivity contribution is 0.0991. The van der Waals surface area contributed by atoms with Gasteiger partial charge in [-0.15, -0.1) is 0 Å². The summed E-state index contributed by atoms with van der Waals surface area (Å²) >= 11 is 0. The van der Waals surface area contributed by atoms with Crippen LogP contribution in [-0.2, 0) is 32.7 Å². The number of pyridine rings is 1. The van der Waals surface area contributed by atoms with Gasteiger partial charge in [-0.05, 0) is 69.7 Å². The van der Waals surface area contributed by atoms with Crippen LogP contribution >= 0.6 is 0 Å². The Kier molecular flexibility index (Phi) is 10.9. The van der Waals surface area contributed by atoms with E-state index in [1.807, 2.05) is 67.8 Å². The number of allylic oxidation sites excluding steroid dienone is 2. The lowest BCUT2D eigenvalue weighted by Gasteiger charge is -2.13. The van der Waals surface area contributed by atoms with Crippen LogP contribution in [0.4, 0.5) is 23.3 Å². The summed E-state index contributed by atoms with van der Waals surface area (Å²) in [4.78, 5) is 65.7. The Morgan fingerprint density at radius 2 is 1.41 bits per heavy atom. The quantitative estimate of drug-likeness (QED) is 0.0808. The molecule has 0 radical (unpaired) electrons. The third-order valence-electron chi connectivity index (χ3n) is 9.65. The van der Waals surface area contributed by atoms with Crippen LogP contribution in [0.3, 0.4) is 0 Å². The number of para-hydroxylation sites is 1. The first-order valence-electron chi connectivity index (χ1n) is 18.8. The minimum atomic E-state index is -0.680. The number of fused-ring (bicyclic) bond motifs is 2. The zero-order valence-electron chi connectivity index (χ0n) is 32.9. The molecule has 0 aliphatic carbocycles. The molecule has 2 aromatic carbocycles. The van der Waals surface area contributed by atoms with Crippen molar-refractivity contribution in [1.82, 2.24) is 43.6 Å². The van der Waals surface area contributed by atoms with Crippen LogP contribution in [0.5, 0.6) is 0 Å². The Morgan fingerprint density at radius 1 is 0.763 bits per heavy atom. The Bertz CT molecular complexity index is 2790. The van der Waals surface area contributed by atoms with E-state index in [9.17, 15) is 19.2 Å². The Hall–Kier alpha value is -7.83. The van der Waals surface area contributed by atoms with Crippen molar-refractivity contribution in [3.05, 3.63) is 112 Å². The van der Waals surface area contributed by atoms with E-state index >= 15 is 0 Å². The van der Waals surface area contributed by atoms with Crippen LogP contribution in [0.2, 0.25) is 0 Å². The van der Waals surface area contributed by atoms with Crippen molar-refractivity contribution < 1.29 is 19.2 Å². The van der Waals surface area contributed by atoms with Crippen molar-refractivity contribution in [2.45, 2.75) is 60.4 Å². The molecule has 5 heterocycles. The monoisotopic (exact) mass is 797 g/mol. The third kappa shape index (κ3) is 7.93. The Morgan fingerprint density at radius 3 is 2.10 bits per heavy atom. The molecule has 0 aliphatic heterocycles. The SMILES string of the molecule is CCn1nc(C)cc1C(=O)Nc1nc2cc(C(N)=O)cc(CNc3ccccc3)c2n1C/C=C/Cn1c(NC(=O)c2c(N)c(C)nn2CC)nc2cc(C(N)=O)cnc21. The number of nitrogens with one attached hydrogen (secondary N) is 3. The van der Waals surface area contributed by atoms with E-state index in [1.54, 1.807) is 34.4 Å². The van der Waals surface area contributed by atoms with Crippen molar-refractivity contribution >= 4 is 69.1 Å². The summed E-state index contributed by atoms with van der Waals surface area (Å²) in [6, 6.07) is 16.1. The van der Waals surface area contributed by atoms with Crippen molar-refractivity contribution in [3.8, 4) is 0 Å². The highest BCUT2D eigenvalue weighted by molar-refractivity contribution is 6.07. The number of carbonyl (C=O) groups excluding carboxylic acids is 4. The molecule has 59 heavy (non-hydrogen) atoms. The van der Waals surface area contributed by atoms with E-state index in [4.69, 9.17) is 22.2 Å². The molecule has 0 atom stereocenters. The molecule has 4 amide bonds. The van der Waals surface area contributed by atoms with E-state index in [0.717, 1.165) is 5.69 Å². The highest BCUT2D eigenvalue weighted by Crippen LogP contribution is 2.28. The van der Waals surface area contributed by atoms with Gasteiger partial charge >= 0.3 is 0 Å². The molecule has 302 valence electrons. The maximum absolute atomic E-state index is 13.7. The maximum atomic E-state index is 13.7. The second kappa shape index (κ2) is 16.3.